The van der Waals surface area contributed by atoms with E-state index in [2.05, 4.69) is 10.2 Å². The molecule has 0 saturated heterocycles. The minimum absolute atomic E-state index is 0.0310. The van der Waals surface area contributed by atoms with Crippen molar-refractivity contribution in [3.8, 4) is 0 Å². The van der Waals surface area contributed by atoms with Crippen LogP contribution in [0.5, 0.6) is 0 Å². The van der Waals surface area contributed by atoms with Crippen molar-refractivity contribution in [2.45, 2.75) is 26.4 Å². The van der Waals surface area contributed by atoms with Crippen molar-refractivity contribution in [3.05, 3.63) is 47.3 Å². The van der Waals surface area contributed by atoms with Crippen LogP contribution in [0.2, 0.25) is 0 Å². The van der Waals surface area contributed by atoms with Gasteiger partial charge in [0, 0.05) is 13.1 Å². The molecule has 0 atom stereocenters. The number of benzene rings is 1. The molecule has 0 spiro atoms. The number of hydrogen-bond donors (Lipinski definition) is 0. The summed E-state index contributed by atoms with van der Waals surface area (Å²) in [6, 6.07) is 6.03. The first-order valence-electron chi connectivity index (χ1n) is 6.54. The Kier molecular flexibility index (Phi) is 3.22. The summed E-state index contributed by atoms with van der Waals surface area (Å²) < 4.78 is 14.9. The molecule has 1 aliphatic rings. The van der Waals surface area contributed by atoms with Crippen molar-refractivity contribution in [3.63, 3.8) is 0 Å². The third-order valence-electron chi connectivity index (χ3n) is 3.56. The first-order chi connectivity index (χ1) is 9.63. The molecule has 20 heavy (non-hydrogen) atoms. The number of aryl methyl sites for hydroxylation is 1. The van der Waals surface area contributed by atoms with Crippen LogP contribution in [0.3, 0.4) is 0 Å². The molecule has 0 fully saturated rings. The van der Waals surface area contributed by atoms with Crippen molar-refractivity contribution >= 4 is 5.91 Å². The van der Waals surface area contributed by atoms with E-state index in [4.69, 9.17) is 0 Å². The predicted octanol–water partition coefficient (Wildman–Crippen LogP) is 1.31. The average molecular weight is 274 g/mol. The number of halogens is 1. The second-order valence-electron chi connectivity index (χ2n) is 4.93. The number of nitrogens with zero attached hydrogens (tertiary/aromatic N) is 4. The van der Waals surface area contributed by atoms with E-state index in [1.54, 1.807) is 17.0 Å². The Labute approximate surface area is 116 Å². The molecule has 0 bridgehead atoms. The van der Waals surface area contributed by atoms with Gasteiger partial charge in [0.05, 0.1) is 13.0 Å². The Bertz CT molecular complexity index is 635. The molecule has 0 saturated carbocycles. The Morgan fingerprint density at radius 2 is 2.00 bits per heavy atom. The number of carbonyl (C=O) groups is 1. The molecule has 104 valence electrons. The fourth-order valence-electron chi connectivity index (χ4n) is 2.40. The fraction of sp³-hybridized carbons (Fsp3) is 0.357. The lowest BCUT2D eigenvalue weighted by molar-refractivity contribution is -0.132. The summed E-state index contributed by atoms with van der Waals surface area (Å²) >= 11 is 0. The summed E-state index contributed by atoms with van der Waals surface area (Å²) in [4.78, 5) is 14.0. The van der Waals surface area contributed by atoms with Gasteiger partial charge in [-0.25, -0.2) is 4.39 Å². The number of hydrogen-bond acceptors (Lipinski definition) is 3. The van der Waals surface area contributed by atoms with Crippen molar-refractivity contribution in [2.24, 2.45) is 0 Å². The van der Waals surface area contributed by atoms with Gasteiger partial charge >= 0.3 is 0 Å². The van der Waals surface area contributed by atoms with Gasteiger partial charge < -0.3 is 9.47 Å². The minimum Gasteiger partial charge on any atom is -0.333 e. The van der Waals surface area contributed by atoms with E-state index in [0.717, 1.165) is 23.8 Å². The van der Waals surface area contributed by atoms with Gasteiger partial charge in [-0.15, -0.1) is 10.2 Å². The van der Waals surface area contributed by atoms with Gasteiger partial charge in [-0.1, -0.05) is 12.1 Å². The van der Waals surface area contributed by atoms with Crippen LogP contribution in [0.1, 0.15) is 17.2 Å². The maximum Gasteiger partial charge on any atom is 0.227 e. The van der Waals surface area contributed by atoms with E-state index in [1.165, 1.54) is 12.1 Å². The van der Waals surface area contributed by atoms with Gasteiger partial charge in [-0.3, -0.25) is 4.79 Å². The van der Waals surface area contributed by atoms with Crippen LogP contribution in [0.25, 0.3) is 0 Å². The first kappa shape index (κ1) is 12.8. The lowest BCUT2D eigenvalue weighted by Crippen LogP contribution is -2.39. The summed E-state index contributed by atoms with van der Waals surface area (Å²) in [6.45, 7) is 3.78. The van der Waals surface area contributed by atoms with E-state index >= 15 is 0 Å². The molecule has 2 heterocycles. The molecule has 5 nitrogen and oxygen atoms in total. The van der Waals surface area contributed by atoms with Crippen LogP contribution in [0, 0.1) is 12.7 Å². The van der Waals surface area contributed by atoms with Gasteiger partial charge in [-0.2, -0.15) is 0 Å². The molecule has 1 amide bonds. The van der Waals surface area contributed by atoms with E-state index in [-0.39, 0.29) is 18.1 Å². The van der Waals surface area contributed by atoms with E-state index < -0.39 is 0 Å². The van der Waals surface area contributed by atoms with Crippen molar-refractivity contribution in [1.82, 2.24) is 19.7 Å². The Hall–Kier alpha value is -2.24. The zero-order valence-electron chi connectivity index (χ0n) is 11.2. The Morgan fingerprint density at radius 3 is 2.75 bits per heavy atom. The molecule has 0 unspecified atom stereocenters. The SMILES string of the molecule is Cc1nnc2n1CCN(C(=O)Cc1ccc(F)cc1)C2. The Balaban J connectivity index is 1.68. The molecule has 0 aliphatic carbocycles. The number of aromatic nitrogens is 3. The summed E-state index contributed by atoms with van der Waals surface area (Å²) in [6.07, 6.45) is 0.285. The molecule has 0 radical (unpaired) electrons. The highest BCUT2D eigenvalue weighted by molar-refractivity contribution is 5.78. The lowest BCUT2D eigenvalue weighted by atomic mass is 10.1. The fourth-order valence-corrected chi connectivity index (χ4v) is 2.40. The van der Waals surface area contributed by atoms with Crippen LogP contribution in [0.15, 0.2) is 24.3 Å². The Morgan fingerprint density at radius 1 is 1.25 bits per heavy atom. The molecule has 3 rings (SSSR count). The number of rotatable bonds is 2. The molecule has 1 aliphatic heterocycles. The van der Waals surface area contributed by atoms with Crippen LogP contribution in [-0.2, 0) is 24.3 Å². The van der Waals surface area contributed by atoms with Gasteiger partial charge in [0.2, 0.25) is 5.91 Å². The standard InChI is InChI=1S/C14H15FN4O/c1-10-16-17-13-9-18(6-7-19(10)13)14(20)8-11-2-4-12(15)5-3-11/h2-5H,6-9H2,1H3. The smallest absolute Gasteiger partial charge is 0.227 e. The first-order valence-corrected chi connectivity index (χ1v) is 6.54. The van der Waals surface area contributed by atoms with Crippen molar-refractivity contribution < 1.29 is 9.18 Å². The average Bonchev–Trinajstić information content (AvgIpc) is 2.82. The van der Waals surface area contributed by atoms with Gasteiger partial charge in [0.25, 0.3) is 0 Å². The number of amides is 1. The third-order valence-corrected chi connectivity index (χ3v) is 3.56. The quantitative estimate of drug-likeness (QED) is 0.829. The van der Waals surface area contributed by atoms with E-state index in [9.17, 15) is 9.18 Å². The van der Waals surface area contributed by atoms with Gasteiger partial charge in [0.1, 0.15) is 11.6 Å². The number of fused-ring (bicyclic) bond motifs is 1. The van der Waals surface area contributed by atoms with Crippen molar-refractivity contribution in [2.75, 3.05) is 6.54 Å². The summed E-state index contributed by atoms with van der Waals surface area (Å²) in [5.41, 5.74) is 0.819. The highest BCUT2D eigenvalue weighted by atomic mass is 19.1. The van der Waals surface area contributed by atoms with E-state index in [1.807, 2.05) is 11.5 Å². The number of carbonyl (C=O) groups excluding carboxylic acids is 1. The third kappa shape index (κ3) is 2.41. The molecule has 1 aromatic heterocycles. The molecule has 1 aromatic carbocycles. The largest absolute Gasteiger partial charge is 0.333 e. The molecule has 0 N–H and O–H groups in total. The lowest BCUT2D eigenvalue weighted by Gasteiger charge is -2.27. The summed E-state index contributed by atoms with van der Waals surface area (Å²) in [5.74, 6) is 1.44. The normalized spacial score (nSPS) is 14.2. The van der Waals surface area contributed by atoms with Crippen molar-refractivity contribution in [1.29, 1.82) is 0 Å². The van der Waals surface area contributed by atoms with Gasteiger partial charge in [0.15, 0.2) is 5.82 Å². The topological polar surface area (TPSA) is 51.0 Å². The molecule has 2 aromatic rings. The molecule has 6 heteroatoms. The van der Waals surface area contributed by atoms with Crippen LogP contribution >= 0.6 is 0 Å². The predicted molar refractivity (Wildman–Crippen MR) is 70.3 cm³/mol. The summed E-state index contributed by atoms with van der Waals surface area (Å²) in [7, 11) is 0. The second kappa shape index (κ2) is 5.03. The van der Waals surface area contributed by atoms with Gasteiger partial charge in [-0.05, 0) is 24.6 Å². The second-order valence-corrected chi connectivity index (χ2v) is 4.93. The van der Waals surface area contributed by atoms with Crippen LogP contribution < -0.4 is 0 Å². The van der Waals surface area contributed by atoms with Crippen LogP contribution in [0.4, 0.5) is 4.39 Å². The maximum absolute atomic E-state index is 12.8. The molecular weight excluding hydrogens is 259 g/mol. The monoisotopic (exact) mass is 274 g/mol. The summed E-state index contributed by atoms with van der Waals surface area (Å²) in [5, 5.41) is 8.10. The van der Waals surface area contributed by atoms with Crippen LogP contribution in [-0.4, -0.2) is 32.1 Å². The maximum atomic E-state index is 12.8. The minimum atomic E-state index is -0.289. The zero-order valence-corrected chi connectivity index (χ0v) is 11.2. The van der Waals surface area contributed by atoms with E-state index in [0.29, 0.717) is 13.1 Å². The highest BCUT2D eigenvalue weighted by Crippen LogP contribution is 2.13. The highest BCUT2D eigenvalue weighted by Gasteiger charge is 2.23. The molecular formula is C14H15FN4O. The zero-order chi connectivity index (χ0) is 14.1.